The van der Waals surface area contributed by atoms with Crippen LogP contribution in [0.4, 0.5) is 11.6 Å². The lowest BCUT2D eigenvalue weighted by molar-refractivity contribution is 0.0996. The van der Waals surface area contributed by atoms with E-state index in [1.54, 1.807) is 4.90 Å². The number of carbonyl (C=O) groups excluding carboxylic acids is 1. The van der Waals surface area contributed by atoms with Crippen molar-refractivity contribution in [2.45, 2.75) is 71.6 Å². The van der Waals surface area contributed by atoms with Gasteiger partial charge in [0.15, 0.2) is 5.82 Å². The van der Waals surface area contributed by atoms with E-state index in [-0.39, 0.29) is 18.0 Å². The van der Waals surface area contributed by atoms with Gasteiger partial charge in [0.25, 0.3) is 5.91 Å². The minimum atomic E-state index is -0.286. The number of hydrogen-bond donors (Lipinski definition) is 1. The van der Waals surface area contributed by atoms with E-state index in [0.29, 0.717) is 24.0 Å². The number of nitrogens with two attached hydrogens (primary N) is 1. The number of carbonyl (C=O) groups is 1. The molecule has 0 saturated heterocycles. The Morgan fingerprint density at radius 3 is 2.71 bits per heavy atom. The largest absolute Gasteiger partial charge is 0.357 e. The Kier molecular flexibility index (Phi) is 5.59. The molecule has 178 valence electrons. The van der Waals surface area contributed by atoms with Crippen molar-refractivity contribution < 1.29 is 4.79 Å². The van der Waals surface area contributed by atoms with E-state index in [0.717, 1.165) is 53.7 Å². The molecule has 2 atom stereocenters. The minimum Gasteiger partial charge on any atom is -0.357 e. The van der Waals surface area contributed by atoms with Crippen LogP contribution in [0, 0.1) is 0 Å². The van der Waals surface area contributed by atoms with Gasteiger partial charge in [-0.2, -0.15) is 0 Å². The van der Waals surface area contributed by atoms with Crippen LogP contribution in [0.5, 0.6) is 0 Å². The van der Waals surface area contributed by atoms with E-state index in [1.165, 1.54) is 0 Å². The number of nitrogens with zero attached hydrogens (tertiary/aromatic N) is 7. The van der Waals surface area contributed by atoms with Crippen LogP contribution in [-0.2, 0) is 13.0 Å². The van der Waals surface area contributed by atoms with E-state index in [2.05, 4.69) is 40.4 Å². The average molecular weight is 461 g/mol. The van der Waals surface area contributed by atoms with E-state index in [1.807, 2.05) is 38.2 Å². The monoisotopic (exact) mass is 460 g/mol. The van der Waals surface area contributed by atoms with E-state index in [4.69, 9.17) is 15.7 Å². The zero-order valence-electron chi connectivity index (χ0n) is 20.5. The summed E-state index contributed by atoms with van der Waals surface area (Å²) in [6, 6.07) is 7.95. The number of aromatic nitrogens is 5. The molecular weight excluding hydrogens is 428 g/mol. The van der Waals surface area contributed by atoms with Crippen LogP contribution in [0.15, 0.2) is 24.3 Å². The Morgan fingerprint density at radius 1 is 1.21 bits per heavy atom. The number of aryl methyl sites for hydroxylation is 1. The predicted molar refractivity (Wildman–Crippen MR) is 132 cm³/mol. The number of pyridine rings is 2. The van der Waals surface area contributed by atoms with Crippen molar-refractivity contribution in [2.75, 3.05) is 16.8 Å². The fourth-order valence-electron chi connectivity index (χ4n) is 4.88. The number of hydrogen-bond acceptors (Lipinski definition) is 7. The Labute approximate surface area is 200 Å². The third kappa shape index (κ3) is 3.55. The normalized spacial score (nSPS) is 17.9. The summed E-state index contributed by atoms with van der Waals surface area (Å²) < 4.78 is 2.21. The molecule has 0 radical (unpaired) electrons. The molecule has 0 saturated carbocycles. The minimum absolute atomic E-state index is 0.0831. The molecule has 0 aliphatic carbocycles. The van der Waals surface area contributed by atoms with E-state index >= 15 is 0 Å². The predicted octanol–water partition coefficient (Wildman–Crippen LogP) is 3.66. The van der Waals surface area contributed by atoms with Crippen LogP contribution in [0.3, 0.4) is 0 Å². The van der Waals surface area contributed by atoms with Crippen molar-refractivity contribution in [3.8, 4) is 11.5 Å². The summed E-state index contributed by atoms with van der Waals surface area (Å²) in [5.41, 5.74) is 9.29. The van der Waals surface area contributed by atoms with Crippen molar-refractivity contribution >= 4 is 17.5 Å². The fourth-order valence-corrected chi connectivity index (χ4v) is 4.88. The molecule has 0 spiro atoms. The first-order chi connectivity index (χ1) is 16.3. The fraction of sp³-hybridized carbons (Fsp3) is 0.480. The van der Waals surface area contributed by atoms with Gasteiger partial charge in [-0.1, -0.05) is 13.0 Å². The zero-order chi connectivity index (χ0) is 24.1. The highest BCUT2D eigenvalue weighted by Crippen LogP contribution is 2.36. The lowest BCUT2D eigenvalue weighted by atomic mass is 10.0. The smallest absolute Gasteiger partial charge is 0.260 e. The molecule has 5 heterocycles. The molecule has 0 aromatic carbocycles. The van der Waals surface area contributed by atoms with Crippen LogP contribution < -0.4 is 15.5 Å². The summed E-state index contributed by atoms with van der Waals surface area (Å²) in [5, 5.41) is 8.82. The SMILES string of the molecule is CC[C@@H]1CCc2nnc(-c3cccc(N4Cc5c(cc(N(C)C(C)C)nc5[C@@H](C)N)C4=O)n3)n21. The first-order valence-corrected chi connectivity index (χ1v) is 12.0. The molecule has 2 aliphatic heterocycles. The van der Waals surface area contributed by atoms with Crippen molar-refractivity contribution in [2.24, 2.45) is 5.73 Å². The molecule has 2 N–H and O–H groups in total. The van der Waals surface area contributed by atoms with Gasteiger partial charge in [0, 0.05) is 37.2 Å². The van der Waals surface area contributed by atoms with Crippen molar-refractivity contribution in [3.05, 3.63) is 46.9 Å². The summed E-state index contributed by atoms with van der Waals surface area (Å²) >= 11 is 0. The molecular formula is C25H32N8O. The Hall–Kier alpha value is -3.33. The second kappa shape index (κ2) is 8.47. The summed E-state index contributed by atoms with van der Waals surface area (Å²) in [6.45, 7) is 8.67. The summed E-state index contributed by atoms with van der Waals surface area (Å²) in [7, 11) is 1.98. The summed E-state index contributed by atoms with van der Waals surface area (Å²) in [5.74, 6) is 3.04. The molecule has 0 unspecified atom stereocenters. The molecule has 2 aliphatic rings. The van der Waals surface area contributed by atoms with Gasteiger partial charge in [0.2, 0.25) is 0 Å². The van der Waals surface area contributed by atoms with Crippen molar-refractivity contribution in [1.82, 2.24) is 24.7 Å². The molecule has 5 rings (SSSR count). The van der Waals surface area contributed by atoms with Crippen LogP contribution >= 0.6 is 0 Å². The van der Waals surface area contributed by atoms with Gasteiger partial charge in [0.1, 0.15) is 23.2 Å². The average Bonchev–Trinajstić information content (AvgIpc) is 3.51. The maximum Gasteiger partial charge on any atom is 0.260 e. The van der Waals surface area contributed by atoms with Crippen molar-refractivity contribution in [1.29, 1.82) is 0 Å². The third-order valence-electron chi connectivity index (χ3n) is 7.05. The zero-order valence-corrected chi connectivity index (χ0v) is 20.5. The Morgan fingerprint density at radius 2 is 2.00 bits per heavy atom. The van der Waals surface area contributed by atoms with Gasteiger partial charge in [-0.15, -0.1) is 10.2 Å². The first-order valence-electron chi connectivity index (χ1n) is 12.0. The highest BCUT2D eigenvalue weighted by molar-refractivity contribution is 6.10. The maximum atomic E-state index is 13.6. The Balaban J connectivity index is 1.53. The van der Waals surface area contributed by atoms with E-state index in [9.17, 15) is 4.79 Å². The molecule has 9 nitrogen and oxygen atoms in total. The molecule has 9 heteroatoms. The highest BCUT2D eigenvalue weighted by Gasteiger charge is 2.34. The topological polar surface area (TPSA) is 106 Å². The second-order valence-corrected chi connectivity index (χ2v) is 9.57. The lowest BCUT2D eigenvalue weighted by Crippen LogP contribution is -2.28. The van der Waals surface area contributed by atoms with Gasteiger partial charge in [0.05, 0.1) is 17.8 Å². The molecule has 1 amide bonds. The number of rotatable bonds is 6. The molecule has 0 bridgehead atoms. The Bertz CT molecular complexity index is 1250. The van der Waals surface area contributed by atoms with Crippen molar-refractivity contribution in [3.63, 3.8) is 0 Å². The van der Waals surface area contributed by atoms with Crippen LogP contribution in [0.1, 0.15) is 80.1 Å². The van der Waals surface area contributed by atoms with Gasteiger partial charge in [-0.05, 0) is 51.8 Å². The molecule has 3 aromatic heterocycles. The lowest BCUT2D eigenvalue weighted by Gasteiger charge is -2.24. The number of anilines is 2. The number of amides is 1. The van der Waals surface area contributed by atoms with Gasteiger partial charge < -0.3 is 15.2 Å². The highest BCUT2D eigenvalue weighted by atomic mass is 16.2. The van der Waals surface area contributed by atoms with Gasteiger partial charge in [-0.25, -0.2) is 9.97 Å². The summed E-state index contributed by atoms with van der Waals surface area (Å²) in [4.78, 5) is 27.0. The standard InChI is InChI=1S/C25H32N8O/c1-6-16-10-11-21-29-30-24(33(16)21)19-8-7-9-20(27-19)32-13-18-17(25(32)34)12-22(31(5)14(2)3)28-23(18)15(4)26/h7-9,12,14-16H,6,10-11,13,26H2,1-5H3/t15-,16-/m1/s1. The number of fused-ring (bicyclic) bond motifs is 2. The first kappa shape index (κ1) is 22.5. The molecule has 0 fully saturated rings. The van der Waals surface area contributed by atoms with Gasteiger partial charge >= 0.3 is 0 Å². The summed E-state index contributed by atoms with van der Waals surface area (Å²) in [6.07, 6.45) is 3.04. The van der Waals surface area contributed by atoms with Crippen LogP contribution in [0.25, 0.3) is 11.5 Å². The van der Waals surface area contributed by atoms with E-state index < -0.39 is 0 Å². The molecule has 34 heavy (non-hydrogen) atoms. The third-order valence-corrected chi connectivity index (χ3v) is 7.05. The quantitative estimate of drug-likeness (QED) is 0.598. The van der Waals surface area contributed by atoms with Crippen LogP contribution in [0.2, 0.25) is 0 Å². The molecule has 3 aromatic rings. The van der Waals surface area contributed by atoms with Crippen LogP contribution in [-0.4, -0.2) is 43.7 Å². The second-order valence-electron chi connectivity index (χ2n) is 9.57. The van der Waals surface area contributed by atoms with Gasteiger partial charge in [-0.3, -0.25) is 9.69 Å². The maximum absolute atomic E-state index is 13.6.